The van der Waals surface area contributed by atoms with Crippen LogP contribution in [0.15, 0.2) is 18.2 Å². The highest BCUT2D eigenvalue weighted by Crippen LogP contribution is 2.20. The standard InChI is InChI=1S/C9H11FN2O/c1-12(2)7-5-3-4-6(10)8(7)9(11)13/h3-5H,1-2H3,(H2,11,13). The molecule has 1 rings (SSSR count). The molecule has 13 heavy (non-hydrogen) atoms. The lowest BCUT2D eigenvalue weighted by molar-refractivity contribution is 0.0997. The lowest BCUT2D eigenvalue weighted by atomic mass is 10.1. The maximum Gasteiger partial charge on any atom is 0.253 e. The van der Waals surface area contributed by atoms with Crippen molar-refractivity contribution in [2.75, 3.05) is 19.0 Å². The lowest BCUT2D eigenvalue weighted by Crippen LogP contribution is -2.20. The molecule has 70 valence electrons. The molecular weight excluding hydrogens is 171 g/mol. The number of carbonyl (C=O) groups is 1. The molecule has 1 aromatic carbocycles. The zero-order valence-corrected chi connectivity index (χ0v) is 7.54. The van der Waals surface area contributed by atoms with Crippen molar-refractivity contribution in [1.82, 2.24) is 0 Å². The van der Waals surface area contributed by atoms with Gasteiger partial charge in [-0.25, -0.2) is 4.39 Å². The smallest absolute Gasteiger partial charge is 0.253 e. The normalized spacial score (nSPS) is 9.77. The Kier molecular flexibility index (Phi) is 2.51. The van der Waals surface area contributed by atoms with Crippen molar-refractivity contribution in [2.45, 2.75) is 0 Å². The van der Waals surface area contributed by atoms with E-state index in [2.05, 4.69) is 0 Å². The second-order valence-corrected chi connectivity index (χ2v) is 2.89. The first-order valence-electron chi connectivity index (χ1n) is 3.79. The maximum atomic E-state index is 13.1. The molecule has 0 atom stereocenters. The monoisotopic (exact) mass is 182 g/mol. The Morgan fingerprint density at radius 3 is 2.46 bits per heavy atom. The van der Waals surface area contributed by atoms with Gasteiger partial charge < -0.3 is 10.6 Å². The fourth-order valence-electron chi connectivity index (χ4n) is 1.13. The van der Waals surface area contributed by atoms with Crippen molar-refractivity contribution in [3.05, 3.63) is 29.6 Å². The van der Waals surface area contributed by atoms with Crippen molar-refractivity contribution < 1.29 is 9.18 Å². The second kappa shape index (κ2) is 3.43. The van der Waals surface area contributed by atoms with Gasteiger partial charge in [-0.3, -0.25) is 4.79 Å². The Bertz CT molecular complexity index is 336. The Morgan fingerprint density at radius 2 is 2.08 bits per heavy atom. The molecule has 0 saturated carbocycles. The molecule has 0 aliphatic rings. The van der Waals surface area contributed by atoms with E-state index in [9.17, 15) is 9.18 Å². The van der Waals surface area contributed by atoms with Crippen LogP contribution >= 0.6 is 0 Å². The summed E-state index contributed by atoms with van der Waals surface area (Å²) in [5, 5.41) is 0. The van der Waals surface area contributed by atoms with Crippen molar-refractivity contribution in [2.24, 2.45) is 5.73 Å². The number of halogens is 1. The first kappa shape index (κ1) is 9.51. The minimum atomic E-state index is -0.748. The summed E-state index contributed by atoms with van der Waals surface area (Å²) in [5.74, 6) is -1.33. The number of amides is 1. The summed E-state index contributed by atoms with van der Waals surface area (Å²) in [6, 6.07) is 4.40. The molecule has 2 N–H and O–H groups in total. The largest absolute Gasteiger partial charge is 0.377 e. The number of carbonyl (C=O) groups excluding carboxylic acids is 1. The molecule has 3 nitrogen and oxygen atoms in total. The van der Waals surface area contributed by atoms with Crippen LogP contribution in [0.2, 0.25) is 0 Å². The molecule has 0 spiro atoms. The van der Waals surface area contributed by atoms with Crippen molar-refractivity contribution in [3.8, 4) is 0 Å². The van der Waals surface area contributed by atoms with Gasteiger partial charge in [-0.2, -0.15) is 0 Å². The van der Waals surface area contributed by atoms with Gasteiger partial charge in [0, 0.05) is 14.1 Å². The van der Waals surface area contributed by atoms with E-state index in [-0.39, 0.29) is 5.56 Å². The van der Waals surface area contributed by atoms with Crippen LogP contribution in [0.25, 0.3) is 0 Å². The number of hydrogen-bond acceptors (Lipinski definition) is 2. The number of nitrogens with zero attached hydrogens (tertiary/aromatic N) is 1. The number of benzene rings is 1. The number of rotatable bonds is 2. The highest BCUT2D eigenvalue weighted by molar-refractivity contribution is 5.98. The van der Waals surface area contributed by atoms with E-state index in [4.69, 9.17) is 5.73 Å². The minimum Gasteiger partial charge on any atom is -0.377 e. The number of anilines is 1. The summed E-state index contributed by atoms with van der Waals surface area (Å²) >= 11 is 0. The fourth-order valence-corrected chi connectivity index (χ4v) is 1.13. The average Bonchev–Trinajstić information content (AvgIpc) is 2.02. The SMILES string of the molecule is CN(C)c1cccc(F)c1C(N)=O. The van der Waals surface area contributed by atoms with Gasteiger partial charge in [-0.1, -0.05) is 6.07 Å². The maximum absolute atomic E-state index is 13.1. The molecule has 4 heteroatoms. The van der Waals surface area contributed by atoms with Crippen molar-refractivity contribution >= 4 is 11.6 Å². The zero-order chi connectivity index (χ0) is 10.0. The summed E-state index contributed by atoms with van der Waals surface area (Å²) in [5.41, 5.74) is 5.48. The lowest BCUT2D eigenvalue weighted by Gasteiger charge is -2.15. The van der Waals surface area contributed by atoms with Gasteiger partial charge in [0.1, 0.15) is 5.82 Å². The van der Waals surface area contributed by atoms with Crippen LogP contribution in [0, 0.1) is 5.82 Å². The van der Waals surface area contributed by atoms with Crippen molar-refractivity contribution in [1.29, 1.82) is 0 Å². The second-order valence-electron chi connectivity index (χ2n) is 2.89. The summed E-state index contributed by atoms with van der Waals surface area (Å²) in [6.07, 6.45) is 0. The quantitative estimate of drug-likeness (QED) is 0.741. The van der Waals surface area contributed by atoms with E-state index in [1.807, 2.05) is 0 Å². The molecule has 0 aliphatic heterocycles. The molecular formula is C9H11FN2O. The number of hydrogen-bond donors (Lipinski definition) is 1. The van der Waals surface area contributed by atoms with Crippen LogP contribution < -0.4 is 10.6 Å². The Labute approximate surface area is 76.0 Å². The van der Waals surface area contributed by atoms with E-state index in [1.54, 1.807) is 25.1 Å². The fraction of sp³-hybridized carbons (Fsp3) is 0.222. The molecule has 0 saturated heterocycles. The predicted molar refractivity (Wildman–Crippen MR) is 49.2 cm³/mol. The zero-order valence-electron chi connectivity index (χ0n) is 7.54. The number of nitrogens with two attached hydrogens (primary N) is 1. The molecule has 0 bridgehead atoms. The Morgan fingerprint density at radius 1 is 1.46 bits per heavy atom. The summed E-state index contributed by atoms with van der Waals surface area (Å²) < 4.78 is 13.1. The van der Waals surface area contributed by atoms with Gasteiger partial charge in [-0.05, 0) is 12.1 Å². The average molecular weight is 182 g/mol. The molecule has 1 amide bonds. The van der Waals surface area contributed by atoms with E-state index < -0.39 is 11.7 Å². The molecule has 0 fully saturated rings. The first-order valence-corrected chi connectivity index (χ1v) is 3.79. The third-order valence-corrected chi connectivity index (χ3v) is 1.72. The topological polar surface area (TPSA) is 46.3 Å². The van der Waals surface area contributed by atoms with Crippen LogP contribution in [0.4, 0.5) is 10.1 Å². The van der Waals surface area contributed by atoms with E-state index in [1.165, 1.54) is 12.1 Å². The first-order chi connectivity index (χ1) is 6.04. The van der Waals surface area contributed by atoms with Crippen LogP contribution in [-0.4, -0.2) is 20.0 Å². The predicted octanol–water partition coefficient (Wildman–Crippen LogP) is 0.991. The molecule has 0 heterocycles. The molecule has 0 aromatic heterocycles. The molecule has 0 radical (unpaired) electrons. The van der Waals surface area contributed by atoms with Crippen LogP contribution in [0.5, 0.6) is 0 Å². The van der Waals surface area contributed by atoms with E-state index in [0.29, 0.717) is 5.69 Å². The molecule has 0 unspecified atom stereocenters. The van der Waals surface area contributed by atoms with Gasteiger partial charge in [-0.15, -0.1) is 0 Å². The summed E-state index contributed by atoms with van der Waals surface area (Å²) in [7, 11) is 3.45. The molecule has 0 aliphatic carbocycles. The highest BCUT2D eigenvalue weighted by Gasteiger charge is 2.14. The molecule has 1 aromatic rings. The van der Waals surface area contributed by atoms with Gasteiger partial charge in [0.05, 0.1) is 11.3 Å². The highest BCUT2D eigenvalue weighted by atomic mass is 19.1. The third-order valence-electron chi connectivity index (χ3n) is 1.72. The van der Waals surface area contributed by atoms with Crippen LogP contribution in [0.3, 0.4) is 0 Å². The van der Waals surface area contributed by atoms with Gasteiger partial charge >= 0.3 is 0 Å². The number of primary amides is 1. The van der Waals surface area contributed by atoms with Gasteiger partial charge in [0.2, 0.25) is 0 Å². The van der Waals surface area contributed by atoms with Crippen LogP contribution in [0.1, 0.15) is 10.4 Å². The van der Waals surface area contributed by atoms with Crippen molar-refractivity contribution in [3.63, 3.8) is 0 Å². The minimum absolute atomic E-state index is 0.0625. The third kappa shape index (κ3) is 1.77. The summed E-state index contributed by atoms with van der Waals surface area (Å²) in [6.45, 7) is 0. The summed E-state index contributed by atoms with van der Waals surface area (Å²) in [4.78, 5) is 12.5. The Balaban J connectivity index is 3.34. The van der Waals surface area contributed by atoms with Gasteiger partial charge in [0.15, 0.2) is 0 Å². The van der Waals surface area contributed by atoms with E-state index in [0.717, 1.165) is 0 Å². The van der Waals surface area contributed by atoms with Crippen LogP contribution in [-0.2, 0) is 0 Å². The van der Waals surface area contributed by atoms with E-state index >= 15 is 0 Å². The van der Waals surface area contributed by atoms with Gasteiger partial charge in [0.25, 0.3) is 5.91 Å². The Hall–Kier alpha value is -1.58.